The van der Waals surface area contributed by atoms with Gasteiger partial charge in [0.25, 0.3) is 0 Å². The molecule has 0 aliphatic carbocycles. The summed E-state index contributed by atoms with van der Waals surface area (Å²) in [6, 6.07) is 0.0483. The summed E-state index contributed by atoms with van der Waals surface area (Å²) in [7, 11) is -2.85. The van der Waals surface area contributed by atoms with Gasteiger partial charge in [-0.2, -0.15) is 0 Å². The summed E-state index contributed by atoms with van der Waals surface area (Å²) in [6.45, 7) is 5.94. The van der Waals surface area contributed by atoms with E-state index in [1.165, 1.54) is 0 Å². The van der Waals surface area contributed by atoms with Crippen LogP contribution in [0.3, 0.4) is 0 Å². The minimum atomic E-state index is -2.85. The predicted octanol–water partition coefficient (Wildman–Crippen LogP) is 1.38. The molecule has 5 nitrogen and oxygen atoms in total. The van der Waals surface area contributed by atoms with Crippen molar-refractivity contribution >= 4 is 9.84 Å². The summed E-state index contributed by atoms with van der Waals surface area (Å²) in [6.07, 6.45) is 5.52. The number of imidazole rings is 1. The average Bonchev–Trinajstić information content (AvgIpc) is 2.96. The number of nitrogens with one attached hydrogen (secondary N) is 1. The van der Waals surface area contributed by atoms with Crippen LogP contribution in [0, 0.1) is 5.92 Å². The molecule has 0 saturated carbocycles. The summed E-state index contributed by atoms with van der Waals surface area (Å²) in [5.74, 6) is 1.71. The summed E-state index contributed by atoms with van der Waals surface area (Å²) < 4.78 is 25.5. The van der Waals surface area contributed by atoms with Crippen LogP contribution in [-0.4, -0.2) is 36.0 Å². The Balaban J connectivity index is 2.21. The lowest BCUT2D eigenvalue weighted by Crippen LogP contribution is -2.32. The number of rotatable bonds is 6. The van der Waals surface area contributed by atoms with Gasteiger partial charge >= 0.3 is 0 Å². The highest BCUT2D eigenvalue weighted by atomic mass is 32.2. The van der Waals surface area contributed by atoms with Crippen LogP contribution in [0.1, 0.15) is 38.6 Å². The van der Waals surface area contributed by atoms with E-state index < -0.39 is 9.84 Å². The minimum absolute atomic E-state index is 0.0483. The minimum Gasteiger partial charge on any atom is -0.334 e. The van der Waals surface area contributed by atoms with E-state index >= 15 is 0 Å². The molecule has 0 radical (unpaired) electrons. The van der Waals surface area contributed by atoms with E-state index in [0.29, 0.717) is 5.75 Å². The molecule has 1 saturated heterocycles. The highest BCUT2D eigenvalue weighted by Gasteiger charge is 2.35. The third-order valence-corrected chi connectivity index (χ3v) is 5.51. The topological polar surface area (TPSA) is 64.0 Å². The highest BCUT2D eigenvalue weighted by Crippen LogP contribution is 2.30. The first kappa shape index (κ1) is 14.5. The molecule has 108 valence electrons. The molecule has 19 heavy (non-hydrogen) atoms. The van der Waals surface area contributed by atoms with Crippen LogP contribution in [0.4, 0.5) is 0 Å². The third kappa shape index (κ3) is 3.36. The smallest absolute Gasteiger partial charge is 0.150 e. The highest BCUT2D eigenvalue weighted by molar-refractivity contribution is 7.91. The van der Waals surface area contributed by atoms with Gasteiger partial charge in [-0.05, 0) is 32.2 Å². The van der Waals surface area contributed by atoms with E-state index in [2.05, 4.69) is 28.7 Å². The number of hydrogen-bond donors (Lipinski definition) is 1. The normalized spacial score (nSPS) is 23.6. The molecule has 0 spiro atoms. The van der Waals surface area contributed by atoms with Crippen LogP contribution in [0.2, 0.25) is 0 Å². The van der Waals surface area contributed by atoms with Gasteiger partial charge in [-0.1, -0.05) is 6.92 Å². The Kier molecular flexibility index (Phi) is 4.62. The van der Waals surface area contributed by atoms with Crippen molar-refractivity contribution in [3.05, 3.63) is 18.2 Å². The SMILES string of the molecule is CCCNC(c1nccn1CC)C1CCS(=O)(=O)C1. The second-order valence-electron chi connectivity index (χ2n) is 5.17. The molecule has 1 aliphatic heterocycles. The summed E-state index contributed by atoms with van der Waals surface area (Å²) in [5.41, 5.74) is 0. The van der Waals surface area contributed by atoms with Crippen molar-refractivity contribution in [3.8, 4) is 0 Å². The summed E-state index contributed by atoms with van der Waals surface area (Å²) >= 11 is 0. The Labute approximate surface area is 115 Å². The molecule has 1 aromatic rings. The van der Waals surface area contributed by atoms with Crippen molar-refractivity contribution in [2.24, 2.45) is 5.92 Å². The monoisotopic (exact) mass is 285 g/mol. The largest absolute Gasteiger partial charge is 0.334 e. The Bertz CT molecular complexity index is 510. The zero-order valence-corrected chi connectivity index (χ0v) is 12.5. The van der Waals surface area contributed by atoms with Crippen LogP contribution >= 0.6 is 0 Å². The fraction of sp³-hybridized carbons (Fsp3) is 0.769. The Morgan fingerprint density at radius 1 is 1.53 bits per heavy atom. The van der Waals surface area contributed by atoms with Gasteiger partial charge < -0.3 is 9.88 Å². The first-order chi connectivity index (χ1) is 9.07. The van der Waals surface area contributed by atoms with Crippen LogP contribution < -0.4 is 5.32 Å². The molecule has 1 N–H and O–H groups in total. The number of sulfone groups is 1. The third-order valence-electron chi connectivity index (χ3n) is 3.72. The molecular weight excluding hydrogens is 262 g/mol. The number of hydrogen-bond acceptors (Lipinski definition) is 4. The second-order valence-corrected chi connectivity index (χ2v) is 7.40. The van der Waals surface area contributed by atoms with E-state index in [9.17, 15) is 8.42 Å². The lowest BCUT2D eigenvalue weighted by atomic mass is 9.98. The molecule has 0 bridgehead atoms. The molecule has 1 aromatic heterocycles. The lowest BCUT2D eigenvalue weighted by Gasteiger charge is -2.24. The number of aryl methyl sites for hydroxylation is 1. The fourth-order valence-corrected chi connectivity index (χ4v) is 4.56. The van der Waals surface area contributed by atoms with Crippen LogP contribution in [0.25, 0.3) is 0 Å². The maximum Gasteiger partial charge on any atom is 0.150 e. The molecule has 1 fully saturated rings. The van der Waals surface area contributed by atoms with Gasteiger partial charge in [-0.25, -0.2) is 13.4 Å². The summed E-state index contributed by atoms with van der Waals surface area (Å²) in [5, 5.41) is 3.48. The lowest BCUT2D eigenvalue weighted by molar-refractivity contribution is 0.366. The molecule has 6 heteroatoms. The molecule has 2 atom stereocenters. The van der Waals surface area contributed by atoms with E-state index in [0.717, 1.165) is 31.8 Å². The molecule has 1 aliphatic rings. The van der Waals surface area contributed by atoms with Gasteiger partial charge in [0.05, 0.1) is 17.5 Å². The van der Waals surface area contributed by atoms with Crippen molar-refractivity contribution in [1.82, 2.24) is 14.9 Å². The van der Waals surface area contributed by atoms with Crippen molar-refractivity contribution < 1.29 is 8.42 Å². The quantitative estimate of drug-likeness (QED) is 0.857. The van der Waals surface area contributed by atoms with Crippen molar-refractivity contribution in [1.29, 1.82) is 0 Å². The zero-order chi connectivity index (χ0) is 13.9. The van der Waals surface area contributed by atoms with Crippen molar-refractivity contribution in [3.63, 3.8) is 0 Å². The van der Waals surface area contributed by atoms with E-state index in [1.54, 1.807) is 6.20 Å². The molecule has 0 aromatic carbocycles. The van der Waals surface area contributed by atoms with Crippen LogP contribution in [0.15, 0.2) is 12.4 Å². The maximum atomic E-state index is 11.7. The summed E-state index contributed by atoms with van der Waals surface area (Å²) in [4.78, 5) is 4.44. The molecule has 2 rings (SSSR count). The molecule has 2 heterocycles. The Hall–Kier alpha value is -0.880. The van der Waals surface area contributed by atoms with Crippen LogP contribution in [-0.2, 0) is 16.4 Å². The maximum absolute atomic E-state index is 11.7. The average molecular weight is 285 g/mol. The first-order valence-corrected chi connectivity index (χ1v) is 8.84. The second kappa shape index (κ2) is 6.05. The predicted molar refractivity (Wildman–Crippen MR) is 75.7 cm³/mol. The van der Waals surface area contributed by atoms with Gasteiger partial charge in [0, 0.05) is 18.9 Å². The van der Waals surface area contributed by atoms with Gasteiger partial charge in [-0.3, -0.25) is 0 Å². The molecule has 0 amide bonds. The Morgan fingerprint density at radius 3 is 2.89 bits per heavy atom. The standard InChI is InChI=1S/C13H23N3O2S/c1-3-6-14-12(11-5-9-19(17,18)10-11)13-15-7-8-16(13)4-2/h7-8,11-12,14H,3-6,9-10H2,1-2H3. The number of aromatic nitrogens is 2. The van der Waals surface area contributed by atoms with E-state index in [-0.39, 0.29) is 17.7 Å². The molecular formula is C13H23N3O2S. The zero-order valence-electron chi connectivity index (χ0n) is 11.7. The van der Waals surface area contributed by atoms with E-state index in [1.807, 2.05) is 6.20 Å². The molecule has 2 unspecified atom stereocenters. The van der Waals surface area contributed by atoms with Crippen molar-refractivity contribution in [2.75, 3.05) is 18.1 Å². The van der Waals surface area contributed by atoms with Gasteiger partial charge in [0.2, 0.25) is 0 Å². The fourth-order valence-electron chi connectivity index (χ4n) is 2.72. The van der Waals surface area contributed by atoms with Crippen molar-refractivity contribution in [2.45, 2.75) is 39.3 Å². The van der Waals surface area contributed by atoms with Crippen LogP contribution in [0.5, 0.6) is 0 Å². The number of nitrogens with zero attached hydrogens (tertiary/aromatic N) is 2. The first-order valence-electron chi connectivity index (χ1n) is 7.02. The Morgan fingerprint density at radius 2 is 2.32 bits per heavy atom. The van der Waals surface area contributed by atoms with Gasteiger partial charge in [0.1, 0.15) is 5.82 Å². The van der Waals surface area contributed by atoms with Gasteiger partial charge in [-0.15, -0.1) is 0 Å². The van der Waals surface area contributed by atoms with Gasteiger partial charge in [0.15, 0.2) is 9.84 Å². The van der Waals surface area contributed by atoms with E-state index in [4.69, 9.17) is 0 Å².